The topological polar surface area (TPSA) is 158 Å². The van der Waals surface area contributed by atoms with Crippen LogP contribution in [0, 0.1) is 6.92 Å². The van der Waals surface area contributed by atoms with Gasteiger partial charge < -0.3 is 5.73 Å². The standard InChI is InChI=1S/C21H18N6O3S/c1-12-2-4-14(5-3-12)17-10-16(13-6-8-15(9-7-13)20(22)28)11-18(31(23,29)30)19(17)21-24-26-27-25-21/h2-11H,1H3,(H2,22,28)(H2,23,29,30)(H,24,25,26,27). The van der Waals surface area contributed by atoms with Gasteiger partial charge in [-0.25, -0.2) is 13.6 Å². The SMILES string of the molecule is Cc1ccc(-c2cc(-c3ccc(C(N)=O)cc3)cc(S(N)(=O)=O)c2-c2nn[nH]n2)cc1. The van der Waals surface area contributed by atoms with Crippen molar-refractivity contribution in [2.45, 2.75) is 11.8 Å². The first kappa shape index (κ1) is 20.4. The normalized spacial score (nSPS) is 11.4. The molecule has 5 N–H and O–H groups in total. The van der Waals surface area contributed by atoms with E-state index >= 15 is 0 Å². The highest BCUT2D eigenvalue weighted by atomic mass is 32.2. The molecule has 0 atom stereocenters. The number of primary sulfonamides is 1. The van der Waals surface area contributed by atoms with Gasteiger partial charge in [-0.15, -0.1) is 10.2 Å². The second-order valence-corrected chi connectivity index (χ2v) is 8.51. The summed E-state index contributed by atoms with van der Waals surface area (Å²) in [6, 6.07) is 17.4. The van der Waals surface area contributed by atoms with Crippen molar-refractivity contribution in [2.24, 2.45) is 10.9 Å². The van der Waals surface area contributed by atoms with Gasteiger partial charge in [0.1, 0.15) is 0 Å². The maximum absolute atomic E-state index is 12.5. The van der Waals surface area contributed by atoms with Crippen molar-refractivity contribution in [1.29, 1.82) is 0 Å². The van der Waals surface area contributed by atoms with Crippen molar-refractivity contribution in [3.05, 3.63) is 71.8 Å². The van der Waals surface area contributed by atoms with Crippen LogP contribution in [0.5, 0.6) is 0 Å². The van der Waals surface area contributed by atoms with Crippen molar-refractivity contribution >= 4 is 15.9 Å². The molecule has 31 heavy (non-hydrogen) atoms. The minimum absolute atomic E-state index is 0.107. The Morgan fingerprint density at radius 2 is 1.58 bits per heavy atom. The molecular weight excluding hydrogens is 416 g/mol. The fourth-order valence-corrected chi connectivity index (χ4v) is 4.07. The van der Waals surface area contributed by atoms with Gasteiger partial charge in [-0.05, 0) is 58.7 Å². The molecule has 9 nitrogen and oxygen atoms in total. The minimum Gasteiger partial charge on any atom is -0.366 e. The summed E-state index contributed by atoms with van der Waals surface area (Å²) in [7, 11) is -4.15. The number of tetrazole rings is 1. The molecule has 0 aliphatic carbocycles. The predicted octanol–water partition coefficient (Wildman–Crippen LogP) is 2.26. The van der Waals surface area contributed by atoms with Gasteiger partial charge in [0, 0.05) is 5.56 Å². The van der Waals surface area contributed by atoms with E-state index in [-0.39, 0.29) is 16.3 Å². The number of primary amides is 1. The summed E-state index contributed by atoms with van der Waals surface area (Å²) in [6.45, 7) is 1.95. The van der Waals surface area contributed by atoms with Gasteiger partial charge in [-0.3, -0.25) is 4.79 Å². The fraction of sp³-hybridized carbons (Fsp3) is 0.0476. The number of aromatic nitrogens is 4. The van der Waals surface area contributed by atoms with Crippen LogP contribution in [0.25, 0.3) is 33.6 Å². The molecule has 0 saturated carbocycles. The van der Waals surface area contributed by atoms with Crippen molar-refractivity contribution in [2.75, 3.05) is 0 Å². The van der Waals surface area contributed by atoms with Crippen molar-refractivity contribution in [3.63, 3.8) is 0 Å². The van der Waals surface area contributed by atoms with Gasteiger partial charge in [0.05, 0.1) is 10.5 Å². The van der Waals surface area contributed by atoms with Gasteiger partial charge in [-0.2, -0.15) is 5.21 Å². The fourth-order valence-electron chi connectivity index (χ4n) is 3.29. The lowest BCUT2D eigenvalue weighted by atomic mass is 9.93. The zero-order valence-corrected chi connectivity index (χ0v) is 17.2. The van der Waals surface area contributed by atoms with Crippen LogP contribution in [0.4, 0.5) is 0 Å². The Hall–Kier alpha value is -3.89. The summed E-state index contributed by atoms with van der Waals surface area (Å²) in [6.07, 6.45) is 0. The molecule has 1 amide bonds. The molecule has 0 bridgehead atoms. The van der Waals surface area contributed by atoms with Crippen molar-refractivity contribution in [1.82, 2.24) is 20.6 Å². The molecule has 4 rings (SSSR count). The molecule has 0 saturated heterocycles. The van der Waals surface area contributed by atoms with Crippen LogP contribution >= 0.6 is 0 Å². The Morgan fingerprint density at radius 1 is 0.935 bits per heavy atom. The smallest absolute Gasteiger partial charge is 0.248 e. The van der Waals surface area contributed by atoms with E-state index in [1.807, 2.05) is 37.3 Å². The Labute approximate surface area is 178 Å². The molecule has 10 heteroatoms. The predicted molar refractivity (Wildman–Crippen MR) is 115 cm³/mol. The molecule has 3 aromatic carbocycles. The molecule has 0 fully saturated rings. The highest BCUT2D eigenvalue weighted by Crippen LogP contribution is 2.39. The number of hydrogen-bond donors (Lipinski definition) is 3. The third kappa shape index (κ3) is 4.06. The van der Waals surface area contributed by atoms with Crippen LogP contribution < -0.4 is 10.9 Å². The first-order valence-electron chi connectivity index (χ1n) is 9.16. The van der Waals surface area contributed by atoms with Crippen LogP contribution in [-0.2, 0) is 10.0 Å². The quantitative estimate of drug-likeness (QED) is 0.437. The molecule has 4 aromatic rings. The lowest BCUT2D eigenvalue weighted by molar-refractivity contribution is 0.100. The first-order chi connectivity index (χ1) is 14.7. The summed E-state index contributed by atoms with van der Waals surface area (Å²) < 4.78 is 25.1. The number of amides is 1. The van der Waals surface area contributed by atoms with Crippen LogP contribution in [0.15, 0.2) is 65.6 Å². The van der Waals surface area contributed by atoms with Gasteiger partial charge in [0.2, 0.25) is 21.8 Å². The molecular formula is C21H18N6O3S. The lowest BCUT2D eigenvalue weighted by Gasteiger charge is -2.15. The van der Waals surface area contributed by atoms with Gasteiger partial charge >= 0.3 is 0 Å². The van der Waals surface area contributed by atoms with Crippen LogP contribution in [-0.4, -0.2) is 34.9 Å². The monoisotopic (exact) mass is 434 g/mol. The zero-order valence-electron chi connectivity index (χ0n) is 16.4. The lowest BCUT2D eigenvalue weighted by Crippen LogP contribution is -2.14. The van der Waals surface area contributed by atoms with E-state index in [0.717, 1.165) is 11.1 Å². The maximum Gasteiger partial charge on any atom is 0.248 e. The Balaban J connectivity index is 2.04. The highest BCUT2D eigenvalue weighted by Gasteiger charge is 2.24. The van der Waals surface area contributed by atoms with Gasteiger partial charge in [0.15, 0.2) is 0 Å². The molecule has 0 spiro atoms. The molecule has 0 unspecified atom stereocenters. The van der Waals surface area contributed by atoms with Crippen molar-refractivity contribution in [3.8, 4) is 33.6 Å². The number of nitrogens with two attached hydrogens (primary N) is 2. The van der Waals surface area contributed by atoms with E-state index in [9.17, 15) is 13.2 Å². The third-order valence-corrected chi connectivity index (χ3v) is 5.78. The Kier molecular flexibility index (Phi) is 5.09. The summed E-state index contributed by atoms with van der Waals surface area (Å²) in [5.74, 6) is -0.445. The van der Waals surface area contributed by atoms with E-state index in [0.29, 0.717) is 22.3 Å². The summed E-state index contributed by atoms with van der Waals surface area (Å²) >= 11 is 0. The Bertz CT molecular complexity index is 1360. The number of carbonyl (C=O) groups is 1. The number of carbonyl (C=O) groups excluding carboxylic acids is 1. The summed E-state index contributed by atoms with van der Waals surface area (Å²) in [5, 5.41) is 19.4. The molecule has 1 aromatic heterocycles. The van der Waals surface area contributed by atoms with E-state index in [2.05, 4.69) is 20.6 Å². The third-order valence-electron chi connectivity index (χ3n) is 4.84. The molecule has 0 aliphatic heterocycles. The van der Waals surface area contributed by atoms with E-state index in [1.54, 1.807) is 24.3 Å². The molecule has 0 aliphatic rings. The number of aromatic amines is 1. The van der Waals surface area contributed by atoms with E-state index in [4.69, 9.17) is 10.9 Å². The number of nitrogens with zero attached hydrogens (tertiary/aromatic N) is 3. The average molecular weight is 434 g/mol. The van der Waals surface area contributed by atoms with Crippen LogP contribution in [0.3, 0.4) is 0 Å². The minimum atomic E-state index is -4.15. The van der Waals surface area contributed by atoms with Gasteiger partial charge in [-0.1, -0.05) is 42.0 Å². The number of rotatable bonds is 5. The average Bonchev–Trinajstić information content (AvgIpc) is 3.27. The van der Waals surface area contributed by atoms with E-state index < -0.39 is 15.9 Å². The summed E-state index contributed by atoms with van der Waals surface area (Å²) in [4.78, 5) is 11.2. The number of H-pyrrole nitrogens is 1. The summed E-state index contributed by atoms with van der Waals surface area (Å²) in [5.41, 5.74) is 9.55. The van der Waals surface area contributed by atoms with Gasteiger partial charge in [0.25, 0.3) is 0 Å². The number of nitrogens with one attached hydrogen (secondary N) is 1. The molecule has 1 heterocycles. The molecule has 0 radical (unpaired) electrons. The number of benzene rings is 3. The number of sulfonamides is 1. The zero-order chi connectivity index (χ0) is 22.2. The van der Waals surface area contributed by atoms with Crippen LogP contribution in [0.1, 0.15) is 15.9 Å². The van der Waals surface area contributed by atoms with Crippen molar-refractivity contribution < 1.29 is 13.2 Å². The second-order valence-electron chi connectivity index (χ2n) is 6.98. The van der Waals surface area contributed by atoms with E-state index in [1.165, 1.54) is 6.07 Å². The largest absolute Gasteiger partial charge is 0.366 e. The first-order valence-corrected chi connectivity index (χ1v) is 10.7. The Morgan fingerprint density at radius 3 is 2.13 bits per heavy atom. The highest BCUT2D eigenvalue weighted by molar-refractivity contribution is 7.89. The second kappa shape index (κ2) is 7.74. The number of aryl methyl sites for hydroxylation is 1. The number of hydrogen-bond acceptors (Lipinski definition) is 6. The molecule has 156 valence electrons. The maximum atomic E-state index is 12.5. The van der Waals surface area contributed by atoms with Crippen LogP contribution in [0.2, 0.25) is 0 Å².